The number of nitrogens with one attached hydrogen (secondary N) is 1. The van der Waals surface area contributed by atoms with E-state index in [4.69, 9.17) is 5.11 Å². The van der Waals surface area contributed by atoms with Crippen LogP contribution in [0.1, 0.15) is 24.2 Å². The molecule has 0 spiro atoms. The summed E-state index contributed by atoms with van der Waals surface area (Å²) < 4.78 is 13.4. The van der Waals surface area contributed by atoms with Gasteiger partial charge in [-0.2, -0.15) is 0 Å². The standard InChI is InChI=1S/C12H16FNO3/c1-7(2)9(6-15)14-12(17)11-8(13)4-3-5-10(11)16/h3-5,7,9,15-16H,6H2,1-2H3,(H,14,17). The summed E-state index contributed by atoms with van der Waals surface area (Å²) in [5.41, 5.74) is -0.397. The lowest BCUT2D eigenvalue weighted by molar-refractivity contribution is 0.0890. The zero-order valence-corrected chi connectivity index (χ0v) is 9.77. The van der Waals surface area contributed by atoms with Crippen LogP contribution in [0, 0.1) is 11.7 Å². The molecule has 3 N–H and O–H groups in total. The van der Waals surface area contributed by atoms with Crippen LogP contribution >= 0.6 is 0 Å². The maximum absolute atomic E-state index is 13.4. The van der Waals surface area contributed by atoms with Crippen LogP contribution in [0.15, 0.2) is 18.2 Å². The summed E-state index contributed by atoms with van der Waals surface area (Å²) in [5.74, 6) is -1.92. The first kappa shape index (κ1) is 13.4. The number of aliphatic hydroxyl groups excluding tert-OH is 1. The Morgan fingerprint density at radius 2 is 2.12 bits per heavy atom. The van der Waals surface area contributed by atoms with Crippen molar-refractivity contribution >= 4 is 5.91 Å². The largest absolute Gasteiger partial charge is 0.507 e. The van der Waals surface area contributed by atoms with Crippen molar-refractivity contribution in [1.29, 1.82) is 0 Å². The number of amides is 1. The second-order valence-electron chi connectivity index (χ2n) is 4.14. The minimum atomic E-state index is -0.789. The molecule has 0 radical (unpaired) electrons. The predicted octanol–water partition coefficient (Wildman–Crippen LogP) is 1.28. The number of phenols is 1. The highest BCUT2D eigenvalue weighted by molar-refractivity contribution is 5.97. The number of hydrogen-bond donors (Lipinski definition) is 3. The number of hydrogen-bond acceptors (Lipinski definition) is 3. The fourth-order valence-corrected chi connectivity index (χ4v) is 1.40. The molecule has 0 aliphatic rings. The normalized spacial score (nSPS) is 12.5. The first-order chi connectivity index (χ1) is 7.97. The summed E-state index contributed by atoms with van der Waals surface area (Å²) >= 11 is 0. The van der Waals surface area contributed by atoms with Gasteiger partial charge < -0.3 is 15.5 Å². The fraction of sp³-hybridized carbons (Fsp3) is 0.417. The molecule has 1 aromatic rings. The Kier molecular flexibility index (Phi) is 4.45. The van der Waals surface area contributed by atoms with Gasteiger partial charge in [0, 0.05) is 0 Å². The number of benzene rings is 1. The molecule has 0 bridgehead atoms. The number of aliphatic hydroxyl groups is 1. The molecule has 1 aromatic carbocycles. The minimum Gasteiger partial charge on any atom is -0.507 e. The summed E-state index contributed by atoms with van der Waals surface area (Å²) in [6.45, 7) is 3.41. The van der Waals surface area contributed by atoms with Crippen LogP contribution in [-0.4, -0.2) is 28.8 Å². The first-order valence-corrected chi connectivity index (χ1v) is 5.36. The minimum absolute atomic E-state index is 0.0119. The van der Waals surface area contributed by atoms with Crippen LogP contribution in [0.25, 0.3) is 0 Å². The van der Waals surface area contributed by atoms with E-state index in [0.717, 1.165) is 6.07 Å². The zero-order chi connectivity index (χ0) is 13.0. The molecule has 0 saturated carbocycles. The predicted molar refractivity (Wildman–Crippen MR) is 61.2 cm³/mol. The van der Waals surface area contributed by atoms with Crippen LogP contribution in [0.3, 0.4) is 0 Å². The summed E-state index contributed by atoms with van der Waals surface area (Å²) in [5, 5.41) is 21.0. The second kappa shape index (κ2) is 5.63. The number of aromatic hydroxyl groups is 1. The van der Waals surface area contributed by atoms with Crippen LogP contribution in [0.2, 0.25) is 0 Å². The van der Waals surface area contributed by atoms with Gasteiger partial charge in [0.2, 0.25) is 0 Å². The van der Waals surface area contributed by atoms with Crippen LogP contribution in [0.4, 0.5) is 4.39 Å². The van der Waals surface area contributed by atoms with E-state index in [1.807, 2.05) is 13.8 Å². The van der Waals surface area contributed by atoms with Crippen molar-refractivity contribution in [3.05, 3.63) is 29.6 Å². The Labute approximate surface area is 99.1 Å². The summed E-state index contributed by atoms with van der Waals surface area (Å²) in [6.07, 6.45) is 0. The Morgan fingerprint density at radius 3 is 2.59 bits per heavy atom. The molecule has 0 saturated heterocycles. The van der Waals surface area contributed by atoms with Crippen molar-refractivity contribution in [1.82, 2.24) is 5.32 Å². The maximum atomic E-state index is 13.4. The van der Waals surface area contributed by atoms with Crippen LogP contribution < -0.4 is 5.32 Å². The van der Waals surface area contributed by atoms with Crippen LogP contribution in [-0.2, 0) is 0 Å². The number of rotatable bonds is 4. The lowest BCUT2D eigenvalue weighted by Crippen LogP contribution is -2.41. The van der Waals surface area contributed by atoms with E-state index in [9.17, 15) is 14.3 Å². The molecule has 1 amide bonds. The van der Waals surface area contributed by atoms with Crippen molar-refractivity contribution in [3.63, 3.8) is 0 Å². The van der Waals surface area contributed by atoms with Gasteiger partial charge in [0.25, 0.3) is 5.91 Å². The number of phenolic OH excluding ortho intramolecular Hbond substituents is 1. The monoisotopic (exact) mass is 241 g/mol. The van der Waals surface area contributed by atoms with E-state index >= 15 is 0 Å². The third-order valence-corrected chi connectivity index (χ3v) is 2.54. The number of carbonyl (C=O) groups is 1. The molecule has 0 heterocycles. The average Bonchev–Trinajstić information content (AvgIpc) is 2.25. The number of carbonyl (C=O) groups excluding carboxylic acids is 1. The Balaban J connectivity index is 2.90. The highest BCUT2D eigenvalue weighted by atomic mass is 19.1. The average molecular weight is 241 g/mol. The Hall–Kier alpha value is -1.62. The molecule has 5 heteroatoms. The molecule has 1 rings (SSSR count). The first-order valence-electron chi connectivity index (χ1n) is 5.36. The molecular weight excluding hydrogens is 225 g/mol. The molecule has 17 heavy (non-hydrogen) atoms. The molecule has 0 aliphatic carbocycles. The van der Waals surface area contributed by atoms with Crippen molar-refractivity contribution in [2.24, 2.45) is 5.92 Å². The van der Waals surface area contributed by atoms with Crippen LogP contribution in [0.5, 0.6) is 5.75 Å². The van der Waals surface area contributed by atoms with Gasteiger partial charge in [-0.05, 0) is 18.1 Å². The topological polar surface area (TPSA) is 69.6 Å². The molecule has 0 fully saturated rings. The van der Waals surface area contributed by atoms with Gasteiger partial charge in [-0.15, -0.1) is 0 Å². The second-order valence-corrected chi connectivity index (χ2v) is 4.14. The summed E-state index contributed by atoms with van der Waals surface area (Å²) in [7, 11) is 0. The highest BCUT2D eigenvalue weighted by Gasteiger charge is 2.21. The molecule has 0 aromatic heterocycles. The third kappa shape index (κ3) is 3.17. The maximum Gasteiger partial charge on any atom is 0.258 e. The van der Waals surface area contributed by atoms with E-state index in [1.54, 1.807) is 0 Å². The molecule has 1 unspecified atom stereocenters. The summed E-state index contributed by atoms with van der Waals surface area (Å²) in [4.78, 5) is 11.7. The van der Waals surface area contributed by atoms with Gasteiger partial charge in [-0.25, -0.2) is 4.39 Å². The third-order valence-electron chi connectivity index (χ3n) is 2.54. The smallest absolute Gasteiger partial charge is 0.258 e. The lowest BCUT2D eigenvalue weighted by Gasteiger charge is -2.20. The molecule has 0 aliphatic heterocycles. The molecule has 94 valence electrons. The van der Waals surface area contributed by atoms with Gasteiger partial charge in [-0.1, -0.05) is 19.9 Å². The van der Waals surface area contributed by atoms with Gasteiger partial charge in [-0.3, -0.25) is 4.79 Å². The SMILES string of the molecule is CC(C)C(CO)NC(=O)c1c(O)cccc1F. The quantitative estimate of drug-likeness (QED) is 0.743. The fourth-order valence-electron chi connectivity index (χ4n) is 1.40. The van der Waals surface area contributed by atoms with E-state index in [2.05, 4.69) is 5.32 Å². The molecule has 1 atom stereocenters. The van der Waals surface area contributed by atoms with Crippen molar-refractivity contribution in [3.8, 4) is 5.75 Å². The molecule has 4 nitrogen and oxygen atoms in total. The van der Waals surface area contributed by atoms with Gasteiger partial charge in [0.1, 0.15) is 17.1 Å². The van der Waals surface area contributed by atoms with Crippen molar-refractivity contribution < 1.29 is 19.4 Å². The Bertz CT molecular complexity index is 386. The highest BCUT2D eigenvalue weighted by Crippen LogP contribution is 2.19. The summed E-state index contributed by atoms with van der Waals surface area (Å²) in [6, 6.07) is 3.17. The van der Waals surface area contributed by atoms with E-state index in [1.165, 1.54) is 12.1 Å². The Morgan fingerprint density at radius 1 is 1.47 bits per heavy atom. The van der Waals surface area contributed by atoms with Crippen molar-refractivity contribution in [2.45, 2.75) is 19.9 Å². The zero-order valence-electron chi connectivity index (χ0n) is 9.77. The van der Waals surface area contributed by atoms with Crippen molar-refractivity contribution in [2.75, 3.05) is 6.61 Å². The van der Waals surface area contributed by atoms with Gasteiger partial charge in [0.05, 0.1) is 12.6 Å². The van der Waals surface area contributed by atoms with E-state index in [-0.39, 0.29) is 12.5 Å². The molecular formula is C12H16FNO3. The van der Waals surface area contributed by atoms with Gasteiger partial charge in [0.15, 0.2) is 0 Å². The van der Waals surface area contributed by atoms with Gasteiger partial charge >= 0.3 is 0 Å². The number of halogens is 1. The lowest BCUT2D eigenvalue weighted by atomic mass is 10.0. The van der Waals surface area contributed by atoms with E-state index in [0.29, 0.717) is 0 Å². The van der Waals surface area contributed by atoms with E-state index < -0.39 is 29.1 Å².